The van der Waals surface area contributed by atoms with E-state index in [1.54, 1.807) is 0 Å². The molecule has 0 bridgehead atoms. The minimum atomic E-state index is 0.261. The maximum atomic E-state index is 6.86. The molecule has 53 heavy (non-hydrogen) atoms. The van der Waals surface area contributed by atoms with Crippen molar-refractivity contribution in [2.45, 2.75) is 46.5 Å². The fourth-order valence-electron chi connectivity index (χ4n) is 7.94. The summed E-state index contributed by atoms with van der Waals surface area (Å²) in [6.45, 7) is 11.4. The van der Waals surface area contributed by atoms with E-state index in [0.29, 0.717) is 5.89 Å². The molecule has 260 valence electrons. The third-order valence-corrected chi connectivity index (χ3v) is 10.7. The Morgan fingerprint density at radius 1 is 0.642 bits per heavy atom. The molecule has 0 radical (unpaired) electrons. The Morgan fingerprint density at radius 3 is 1.94 bits per heavy atom. The van der Waals surface area contributed by atoms with Gasteiger partial charge in [0.2, 0.25) is 12.3 Å². The predicted octanol–water partition coefficient (Wildman–Crippen LogP) is 12.0. The predicted molar refractivity (Wildman–Crippen MR) is 214 cm³/mol. The van der Waals surface area contributed by atoms with E-state index in [-0.39, 0.29) is 11.8 Å². The lowest BCUT2D eigenvalue weighted by Crippen LogP contribution is -2.30. The van der Waals surface area contributed by atoms with Crippen molar-refractivity contribution in [1.29, 1.82) is 0 Å². The number of aromatic nitrogens is 4. The second-order valence-corrected chi connectivity index (χ2v) is 14.7. The Bertz CT molecular complexity index is 2760. The molecule has 3 aromatic heterocycles. The third-order valence-electron chi connectivity index (χ3n) is 10.7. The lowest BCUT2D eigenvalue weighted by atomic mass is 9.87. The number of furan rings is 1. The Labute approximate surface area is 309 Å². The molecule has 0 atom stereocenters. The molecule has 9 aromatic rings. The van der Waals surface area contributed by atoms with E-state index in [0.717, 1.165) is 55.5 Å². The fourth-order valence-corrected chi connectivity index (χ4v) is 7.94. The topological polar surface area (TPSA) is 60.9 Å². The zero-order valence-corrected chi connectivity index (χ0v) is 30.9. The van der Waals surface area contributed by atoms with Crippen LogP contribution in [0.15, 0.2) is 137 Å². The SMILES string of the molecule is Cc1ccc2c(oc3cc(-c4nnco4)ccc32)c1-c1n(-c2c(C(C)C)cc(-c3ccc(-c4ccccc4)cc3)cc2C(C)C)c2ccccc2[n+]1C. The van der Waals surface area contributed by atoms with Crippen LogP contribution in [-0.2, 0) is 7.05 Å². The van der Waals surface area contributed by atoms with Gasteiger partial charge in [0.05, 0.1) is 7.05 Å². The van der Waals surface area contributed by atoms with Crippen molar-refractivity contribution in [3.63, 3.8) is 0 Å². The zero-order chi connectivity index (χ0) is 36.4. The van der Waals surface area contributed by atoms with E-state index >= 15 is 0 Å². The summed E-state index contributed by atoms with van der Waals surface area (Å²) in [6.07, 6.45) is 1.35. The van der Waals surface area contributed by atoms with Crippen molar-refractivity contribution >= 4 is 33.0 Å². The van der Waals surface area contributed by atoms with Crippen LogP contribution in [0.25, 0.3) is 83.8 Å². The summed E-state index contributed by atoms with van der Waals surface area (Å²) in [4.78, 5) is 0. The molecule has 6 heteroatoms. The molecule has 0 aliphatic heterocycles. The molecule has 6 aromatic carbocycles. The van der Waals surface area contributed by atoms with Gasteiger partial charge in [-0.25, -0.2) is 4.57 Å². The fraction of sp³-hybridized carbons (Fsp3) is 0.170. The lowest BCUT2D eigenvalue weighted by molar-refractivity contribution is -0.633. The summed E-state index contributed by atoms with van der Waals surface area (Å²) in [7, 11) is 2.18. The summed E-state index contributed by atoms with van der Waals surface area (Å²) in [5.41, 5.74) is 15.7. The van der Waals surface area contributed by atoms with Crippen LogP contribution in [0.5, 0.6) is 0 Å². The van der Waals surface area contributed by atoms with Gasteiger partial charge in [0.1, 0.15) is 16.8 Å². The van der Waals surface area contributed by atoms with Crippen molar-refractivity contribution < 1.29 is 13.4 Å². The maximum Gasteiger partial charge on any atom is 0.299 e. The van der Waals surface area contributed by atoms with E-state index in [2.05, 4.69) is 170 Å². The number of hydrogen-bond donors (Lipinski definition) is 0. The Morgan fingerprint density at radius 2 is 1.26 bits per heavy atom. The van der Waals surface area contributed by atoms with E-state index < -0.39 is 0 Å². The van der Waals surface area contributed by atoms with Crippen LogP contribution < -0.4 is 4.57 Å². The van der Waals surface area contributed by atoms with Gasteiger partial charge in [-0.15, -0.1) is 10.2 Å². The van der Waals surface area contributed by atoms with Gasteiger partial charge >= 0.3 is 0 Å². The van der Waals surface area contributed by atoms with Gasteiger partial charge in [0.15, 0.2) is 16.6 Å². The standard InChI is InChI=1S/C47H41N4O2/c1-28(2)38-24-35(33-19-17-32(18-20-33)31-12-8-7-9-13-31)25-39(29(3)4)44(38)51-41-15-11-10-14-40(41)50(6)47(51)43-30(5)16-22-37-36-23-21-34(46-49-48-27-52-46)26-42(36)53-45(37)43/h7-29H,1-6H3/q+1. The Balaban J connectivity index is 1.30. The molecular formula is C47H41N4O2+. The Kier molecular flexibility index (Phi) is 7.85. The molecule has 0 fully saturated rings. The summed E-state index contributed by atoms with van der Waals surface area (Å²) < 4.78 is 17.2. The number of imidazole rings is 1. The van der Waals surface area contributed by atoms with E-state index in [1.807, 2.05) is 12.1 Å². The highest BCUT2D eigenvalue weighted by atomic mass is 16.4. The highest BCUT2D eigenvalue weighted by Crippen LogP contribution is 2.43. The molecule has 3 heterocycles. The van der Waals surface area contributed by atoms with Crippen molar-refractivity contribution in [3.8, 4) is 50.8 Å². The summed E-state index contributed by atoms with van der Waals surface area (Å²) in [5, 5.41) is 10.1. The first-order chi connectivity index (χ1) is 25.8. The number of benzene rings is 6. The molecule has 0 N–H and O–H groups in total. The maximum absolute atomic E-state index is 6.86. The largest absolute Gasteiger partial charge is 0.455 e. The third kappa shape index (κ3) is 5.36. The van der Waals surface area contributed by atoms with Crippen LogP contribution in [0, 0.1) is 6.92 Å². The highest BCUT2D eigenvalue weighted by Gasteiger charge is 2.34. The molecule has 6 nitrogen and oxygen atoms in total. The van der Waals surface area contributed by atoms with E-state index in [4.69, 9.17) is 8.83 Å². The quantitative estimate of drug-likeness (QED) is 0.156. The minimum Gasteiger partial charge on any atom is -0.455 e. The van der Waals surface area contributed by atoms with E-state index in [9.17, 15) is 0 Å². The number of para-hydroxylation sites is 2. The van der Waals surface area contributed by atoms with E-state index in [1.165, 1.54) is 45.5 Å². The van der Waals surface area contributed by atoms with Gasteiger partial charge in [0.25, 0.3) is 5.82 Å². The molecule has 0 aliphatic rings. The average molecular weight is 694 g/mol. The first kappa shape index (κ1) is 32.6. The molecule has 0 amide bonds. The second-order valence-electron chi connectivity index (χ2n) is 14.7. The molecular weight excluding hydrogens is 653 g/mol. The summed E-state index contributed by atoms with van der Waals surface area (Å²) in [6, 6.07) is 43.6. The smallest absolute Gasteiger partial charge is 0.299 e. The van der Waals surface area contributed by atoms with Crippen molar-refractivity contribution in [1.82, 2.24) is 14.8 Å². The molecule has 0 saturated heterocycles. The molecule has 0 aliphatic carbocycles. The van der Waals surface area contributed by atoms with Crippen molar-refractivity contribution in [2.24, 2.45) is 7.05 Å². The van der Waals surface area contributed by atoms with Crippen molar-refractivity contribution in [3.05, 3.63) is 144 Å². The molecule has 0 spiro atoms. The molecule has 9 rings (SSSR count). The summed E-state index contributed by atoms with van der Waals surface area (Å²) in [5.74, 6) is 2.07. The number of rotatable bonds is 7. The van der Waals surface area contributed by atoms with Gasteiger partial charge in [-0.1, -0.05) is 107 Å². The van der Waals surface area contributed by atoms with Crippen LogP contribution in [0.2, 0.25) is 0 Å². The van der Waals surface area contributed by atoms with Crippen LogP contribution in [0.1, 0.15) is 56.2 Å². The van der Waals surface area contributed by atoms with Gasteiger partial charge in [-0.05, 0) is 89.0 Å². The van der Waals surface area contributed by atoms with Crippen LogP contribution in [0.4, 0.5) is 0 Å². The average Bonchev–Trinajstić information content (AvgIpc) is 3.92. The molecule has 0 unspecified atom stereocenters. The first-order valence-electron chi connectivity index (χ1n) is 18.3. The van der Waals surface area contributed by atoms with Gasteiger partial charge in [-0.3, -0.25) is 0 Å². The van der Waals surface area contributed by atoms with Gasteiger partial charge < -0.3 is 8.83 Å². The van der Waals surface area contributed by atoms with Gasteiger partial charge in [-0.2, -0.15) is 4.57 Å². The normalized spacial score (nSPS) is 11.9. The van der Waals surface area contributed by atoms with Gasteiger partial charge in [0, 0.05) is 27.5 Å². The number of fused-ring (bicyclic) bond motifs is 4. The first-order valence-corrected chi connectivity index (χ1v) is 18.3. The second kappa shape index (κ2) is 12.7. The Hall–Kier alpha value is -6.27. The number of hydrogen-bond acceptors (Lipinski definition) is 4. The highest BCUT2D eigenvalue weighted by molar-refractivity contribution is 6.10. The zero-order valence-electron chi connectivity index (χ0n) is 30.9. The van der Waals surface area contributed by atoms with Crippen LogP contribution in [-0.4, -0.2) is 14.8 Å². The molecule has 0 saturated carbocycles. The van der Waals surface area contributed by atoms with Crippen LogP contribution >= 0.6 is 0 Å². The number of nitrogens with zero attached hydrogens (tertiary/aromatic N) is 4. The lowest BCUT2D eigenvalue weighted by Gasteiger charge is -2.21. The minimum absolute atomic E-state index is 0.261. The summed E-state index contributed by atoms with van der Waals surface area (Å²) >= 11 is 0. The van der Waals surface area contributed by atoms with Crippen LogP contribution in [0.3, 0.4) is 0 Å². The monoisotopic (exact) mass is 693 g/mol. The van der Waals surface area contributed by atoms with Crippen molar-refractivity contribution in [2.75, 3.05) is 0 Å². The number of aryl methyl sites for hydroxylation is 2.